The van der Waals surface area contributed by atoms with Gasteiger partial charge in [0.25, 0.3) is 0 Å². The molecule has 1 aliphatic rings. The third-order valence-corrected chi connectivity index (χ3v) is 6.20. The SMILES string of the molecule is Cl.NCCCOC1CCN(C(=O)CS(=O)(=O)CCCc2ccccc2)CC1. The van der Waals surface area contributed by atoms with Crippen LogP contribution in [0.15, 0.2) is 30.3 Å². The van der Waals surface area contributed by atoms with E-state index in [0.29, 0.717) is 39.1 Å². The molecule has 0 radical (unpaired) electrons. The molecule has 2 N–H and O–H groups in total. The van der Waals surface area contributed by atoms with Crippen LogP contribution in [-0.4, -0.2) is 63.1 Å². The summed E-state index contributed by atoms with van der Waals surface area (Å²) in [4.78, 5) is 14.0. The maximum atomic E-state index is 12.3. The third kappa shape index (κ3) is 9.06. The van der Waals surface area contributed by atoms with Crippen molar-refractivity contribution in [2.24, 2.45) is 5.73 Å². The first-order chi connectivity index (χ1) is 12.5. The number of aryl methyl sites for hydroxylation is 1. The van der Waals surface area contributed by atoms with Crippen LogP contribution < -0.4 is 5.73 Å². The number of carbonyl (C=O) groups excluding carboxylic acids is 1. The Labute approximate surface area is 168 Å². The molecule has 0 atom stereocenters. The van der Waals surface area contributed by atoms with Crippen LogP contribution >= 0.6 is 12.4 Å². The number of rotatable bonds is 10. The Balaban J connectivity index is 0.00000364. The van der Waals surface area contributed by atoms with E-state index in [-0.39, 0.29) is 35.9 Å². The van der Waals surface area contributed by atoms with E-state index < -0.39 is 9.84 Å². The molecule has 1 heterocycles. The molecule has 1 aromatic rings. The van der Waals surface area contributed by atoms with Gasteiger partial charge in [-0.15, -0.1) is 12.4 Å². The number of nitrogens with zero attached hydrogens (tertiary/aromatic N) is 1. The summed E-state index contributed by atoms with van der Waals surface area (Å²) in [5.74, 6) is -0.627. The van der Waals surface area contributed by atoms with Crippen molar-refractivity contribution in [2.75, 3.05) is 37.7 Å². The normalized spacial score (nSPS) is 15.4. The average Bonchev–Trinajstić information content (AvgIpc) is 2.63. The zero-order valence-electron chi connectivity index (χ0n) is 15.7. The maximum absolute atomic E-state index is 12.3. The van der Waals surface area contributed by atoms with E-state index >= 15 is 0 Å². The Bertz CT molecular complexity index is 647. The molecular formula is C19H31ClN2O4S. The number of hydrogen-bond donors (Lipinski definition) is 1. The Hall–Kier alpha value is -1.15. The minimum atomic E-state index is -3.37. The average molecular weight is 419 g/mol. The van der Waals surface area contributed by atoms with Gasteiger partial charge in [-0.2, -0.15) is 0 Å². The quantitative estimate of drug-likeness (QED) is 0.585. The van der Waals surface area contributed by atoms with Gasteiger partial charge in [-0.3, -0.25) is 4.79 Å². The van der Waals surface area contributed by atoms with Crippen LogP contribution in [0, 0.1) is 0 Å². The molecule has 1 aliphatic heterocycles. The molecule has 27 heavy (non-hydrogen) atoms. The summed E-state index contributed by atoms with van der Waals surface area (Å²) in [5, 5.41) is 0. The van der Waals surface area contributed by atoms with Crippen LogP contribution in [0.5, 0.6) is 0 Å². The second kappa shape index (κ2) is 12.3. The van der Waals surface area contributed by atoms with Gasteiger partial charge in [0, 0.05) is 19.7 Å². The number of halogens is 1. The number of benzene rings is 1. The highest BCUT2D eigenvalue weighted by molar-refractivity contribution is 7.92. The van der Waals surface area contributed by atoms with Crippen LogP contribution in [0.2, 0.25) is 0 Å². The number of nitrogens with two attached hydrogens (primary N) is 1. The first-order valence-corrected chi connectivity index (χ1v) is 11.2. The van der Waals surface area contributed by atoms with Crippen molar-refractivity contribution in [1.29, 1.82) is 0 Å². The topological polar surface area (TPSA) is 89.7 Å². The van der Waals surface area contributed by atoms with Crippen LogP contribution in [0.3, 0.4) is 0 Å². The molecule has 8 heteroatoms. The number of carbonyl (C=O) groups is 1. The van der Waals surface area contributed by atoms with Gasteiger partial charge in [0.2, 0.25) is 5.91 Å². The lowest BCUT2D eigenvalue weighted by Crippen LogP contribution is -2.43. The van der Waals surface area contributed by atoms with E-state index in [4.69, 9.17) is 10.5 Å². The lowest BCUT2D eigenvalue weighted by Gasteiger charge is -2.32. The Kier molecular flexibility index (Phi) is 10.9. The minimum Gasteiger partial charge on any atom is -0.378 e. The minimum absolute atomic E-state index is 0. The zero-order chi connectivity index (χ0) is 18.8. The summed E-state index contributed by atoms with van der Waals surface area (Å²) < 4.78 is 30.2. The molecule has 1 aromatic carbocycles. The largest absolute Gasteiger partial charge is 0.378 e. The molecule has 1 amide bonds. The molecule has 0 aliphatic carbocycles. The van der Waals surface area contributed by atoms with Gasteiger partial charge in [-0.05, 0) is 44.2 Å². The fourth-order valence-corrected chi connectivity index (χ4v) is 4.38. The molecule has 1 fully saturated rings. The Morgan fingerprint density at radius 3 is 2.44 bits per heavy atom. The summed E-state index contributed by atoms with van der Waals surface area (Å²) in [6.07, 6.45) is 3.74. The number of sulfone groups is 1. The predicted octanol–water partition coefficient (Wildman–Crippen LogP) is 1.81. The van der Waals surface area contributed by atoms with Crippen molar-refractivity contribution in [3.8, 4) is 0 Å². The van der Waals surface area contributed by atoms with Gasteiger partial charge < -0.3 is 15.4 Å². The summed E-state index contributed by atoms with van der Waals surface area (Å²) in [5.41, 5.74) is 6.56. The number of hydrogen-bond acceptors (Lipinski definition) is 5. The highest BCUT2D eigenvalue weighted by Crippen LogP contribution is 2.15. The monoisotopic (exact) mass is 418 g/mol. The van der Waals surface area contributed by atoms with Crippen molar-refractivity contribution in [2.45, 2.75) is 38.2 Å². The third-order valence-electron chi connectivity index (χ3n) is 4.60. The van der Waals surface area contributed by atoms with Crippen molar-refractivity contribution < 1.29 is 17.9 Å². The van der Waals surface area contributed by atoms with E-state index in [1.165, 1.54) is 0 Å². The fraction of sp³-hybridized carbons (Fsp3) is 0.632. The standard InChI is InChI=1S/C19H30N2O4S.ClH/c20-11-5-14-25-18-9-12-21(13-10-18)19(22)16-26(23,24)15-4-8-17-6-2-1-3-7-17;/h1-3,6-7,18H,4-5,8-16,20H2;1H. The maximum Gasteiger partial charge on any atom is 0.237 e. The van der Waals surface area contributed by atoms with Crippen molar-refractivity contribution in [3.05, 3.63) is 35.9 Å². The second-order valence-electron chi connectivity index (χ2n) is 6.77. The van der Waals surface area contributed by atoms with E-state index in [1.54, 1.807) is 4.90 Å². The molecule has 6 nitrogen and oxygen atoms in total. The van der Waals surface area contributed by atoms with Gasteiger partial charge >= 0.3 is 0 Å². The lowest BCUT2D eigenvalue weighted by atomic mass is 10.1. The predicted molar refractivity (Wildman–Crippen MR) is 110 cm³/mol. The molecule has 2 rings (SSSR count). The first kappa shape index (κ1) is 23.9. The Morgan fingerprint density at radius 1 is 1.15 bits per heavy atom. The van der Waals surface area contributed by atoms with Crippen molar-refractivity contribution in [1.82, 2.24) is 4.90 Å². The fourth-order valence-electron chi connectivity index (χ4n) is 3.10. The lowest BCUT2D eigenvalue weighted by molar-refractivity contribution is -0.131. The summed E-state index contributed by atoms with van der Waals surface area (Å²) >= 11 is 0. The number of piperidine rings is 1. The molecule has 0 unspecified atom stereocenters. The smallest absolute Gasteiger partial charge is 0.237 e. The summed E-state index contributed by atoms with van der Waals surface area (Å²) in [7, 11) is -3.37. The molecular weight excluding hydrogens is 388 g/mol. The van der Waals surface area contributed by atoms with Crippen LogP contribution in [0.4, 0.5) is 0 Å². The van der Waals surface area contributed by atoms with Crippen molar-refractivity contribution in [3.63, 3.8) is 0 Å². The van der Waals surface area contributed by atoms with Crippen molar-refractivity contribution >= 4 is 28.2 Å². The molecule has 154 valence electrons. The van der Waals surface area contributed by atoms with E-state index in [9.17, 15) is 13.2 Å². The first-order valence-electron chi connectivity index (χ1n) is 9.34. The number of amides is 1. The second-order valence-corrected chi connectivity index (χ2v) is 8.96. The summed E-state index contributed by atoms with van der Waals surface area (Å²) in [6, 6.07) is 9.79. The van der Waals surface area contributed by atoms with Gasteiger partial charge in [-0.25, -0.2) is 8.42 Å². The molecule has 1 saturated heterocycles. The molecule has 0 saturated carbocycles. The van der Waals surface area contributed by atoms with Gasteiger partial charge in [-0.1, -0.05) is 30.3 Å². The summed E-state index contributed by atoms with van der Waals surface area (Å²) in [6.45, 7) is 2.38. The van der Waals surface area contributed by atoms with Gasteiger partial charge in [0.05, 0.1) is 11.9 Å². The van der Waals surface area contributed by atoms with Crippen LogP contribution in [0.1, 0.15) is 31.2 Å². The van der Waals surface area contributed by atoms with Crippen LogP contribution in [-0.2, 0) is 25.8 Å². The Morgan fingerprint density at radius 2 is 1.81 bits per heavy atom. The molecule has 0 aromatic heterocycles. The van der Waals surface area contributed by atoms with Gasteiger partial charge in [0.15, 0.2) is 9.84 Å². The number of likely N-dealkylation sites (tertiary alicyclic amines) is 1. The highest BCUT2D eigenvalue weighted by Gasteiger charge is 2.26. The highest BCUT2D eigenvalue weighted by atomic mass is 35.5. The van der Waals surface area contributed by atoms with Crippen LogP contribution in [0.25, 0.3) is 0 Å². The van der Waals surface area contributed by atoms with E-state index in [1.807, 2.05) is 30.3 Å². The van der Waals surface area contributed by atoms with Gasteiger partial charge in [0.1, 0.15) is 5.75 Å². The zero-order valence-corrected chi connectivity index (χ0v) is 17.3. The molecule has 0 bridgehead atoms. The molecule has 0 spiro atoms. The van der Waals surface area contributed by atoms with E-state index in [0.717, 1.165) is 24.8 Å². The number of ether oxygens (including phenoxy) is 1. The van der Waals surface area contributed by atoms with E-state index in [2.05, 4.69) is 0 Å².